The molecule has 0 aromatic heterocycles. The number of carbonyl (C=O) groups excluding carboxylic acids is 1. The number of benzene rings is 1. The van der Waals surface area contributed by atoms with E-state index in [1.165, 1.54) is 6.26 Å². The number of guanidine groups is 1. The minimum atomic E-state index is -3.16. The predicted octanol–water partition coefficient (Wildman–Crippen LogP) is 0.894. The number of nitrogens with one attached hydrogen (secondary N) is 2. The van der Waals surface area contributed by atoms with Crippen molar-refractivity contribution in [3.05, 3.63) is 29.8 Å². The first-order chi connectivity index (χ1) is 11.2. The lowest BCUT2D eigenvalue weighted by molar-refractivity contribution is -0.128. The van der Waals surface area contributed by atoms with Crippen LogP contribution in [-0.4, -0.2) is 65.7 Å². The van der Waals surface area contributed by atoms with Crippen LogP contribution in [0, 0.1) is 0 Å². The summed E-state index contributed by atoms with van der Waals surface area (Å²) in [6.07, 6.45) is 2.34. The number of hydrogen-bond acceptors (Lipinski definition) is 4. The number of sulfone groups is 1. The molecule has 0 atom stereocenters. The Morgan fingerprint density at radius 2 is 1.68 bits per heavy atom. The molecule has 1 aromatic rings. The fraction of sp³-hybridized carbons (Fsp3) is 0.500. The molecule has 1 aromatic carbocycles. The third kappa shape index (κ3) is 9.05. The van der Waals surface area contributed by atoms with Crippen molar-refractivity contribution in [2.45, 2.75) is 17.7 Å². The van der Waals surface area contributed by atoms with E-state index in [-0.39, 0.29) is 29.9 Å². The summed E-state index contributed by atoms with van der Waals surface area (Å²) in [5, 5.41) is 6.24. The van der Waals surface area contributed by atoms with Crippen molar-refractivity contribution in [1.82, 2.24) is 15.5 Å². The van der Waals surface area contributed by atoms with E-state index in [4.69, 9.17) is 0 Å². The predicted molar refractivity (Wildman–Crippen MR) is 111 cm³/mol. The van der Waals surface area contributed by atoms with Crippen LogP contribution in [0.4, 0.5) is 0 Å². The van der Waals surface area contributed by atoms with Gasteiger partial charge in [-0.1, -0.05) is 12.1 Å². The summed E-state index contributed by atoms with van der Waals surface area (Å²) in [5.41, 5.74) is 1.04. The highest BCUT2D eigenvalue weighted by atomic mass is 127. The molecule has 1 rings (SSSR count). The maximum absolute atomic E-state index is 11.5. The highest BCUT2D eigenvalue weighted by molar-refractivity contribution is 14.0. The highest BCUT2D eigenvalue weighted by Gasteiger charge is 2.06. The molecule has 0 aliphatic carbocycles. The topological polar surface area (TPSA) is 90.9 Å². The number of carbonyl (C=O) groups is 1. The quantitative estimate of drug-likeness (QED) is 0.343. The molecule has 0 saturated heterocycles. The van der Waals surface area contributed by atoms with Crippen LogP contribution in [0.25, 0.3) is 0 Å². The Balaban J connectivity index is 0.00000576. The van der Waals surface area contributed by atoms with E-state index < -0.39 is 9.84 Å². The molecule has 1 amide bonds. The monoisotopic (exact) mass is 482 g/mol. The van der Waals surface area contributed by atoms with Crippen LogP contribution in [0.1, 0.15) is 12.0 Å². The smallest absolute Gasteiger partial charge is 0.223 e. The van der Waals surface area contributed by atoms with Gasteiger partial charge in [-0.2, -0.15) is 0 Å². The van der Waals surface area contributed by atoms with Gasteiger partial charge in [0.2, 0.25) is 5.91 Å². The van der Waals surface area contributed by atoms with Crippen LogP contribution in [-0.2, 0) is 21.1 Å². The summed E-state index contributed by atoms with van der Waals surface area (Å²) in [6.45, 7) is 1.17. The van der Waals surface area contributed by atoms with Crippen molar-refractivity contribution >= 4 is 45.7 Å². The Kier molecular flexibility index (Phi) is 10.7. The molecule has 0 radical (unpaired) electrons. The SMILES string of the molecule is CN=C(NCCC(=O)N(C)C)NCCc1ccc(S(C)(=O)=O)cc1.I. The molecule has 0 unspecified atom stereocenters. The molecule has 9 heteroatoms. The third-order valence-electron chi connectivity index (χ3n) is 3.41. The summed E-state index contributed by atoms with van der Waals surface area (Å²) >= 11 is 0. The van der Waals surface area contributed by atoms with Gasteiger partial charge in [0.15, 0.2) is 15.8 Å². The normalized spacial score (nSPS) is 11.4. The molecule has 0 heterocycles. The minimum Gasteiger partial charge on any atom is -0.356 e. The molecule has 2 N–H and O–H groups in total. The summed E-state index contributed by atoms with van der Waals surface area (Å²) in [5.74, 6) is 0.693. The van der Waals surface area contributed by atoms with Gasteiger partial charge >= 0.3 is 0 Å². The van der Waals surface area contributed by atoms with E-state index >= 15 is 0 Å². The molecule has 7 nitrogen and oxygen atoms in total. The highest BCUT2D eigenvalue weighted by Crippen LogP contribution is 2.10. The number of amides is 1. The lowest BCUT2D eigenvalue weighted by atomic mass is 10.1. The Morgan fingerprint density at radius 3 is 2.16 bits per heavy atom. The second-order valence-electron chi connectivity index (χ2n) is 5.63. The second-order valence-corrected chi connectivity index (χ2v) is 7.65. The van der Waals surface area contributed by atoms with Gasteiger partial charge in [0.05, 0.1) is 4.90 Å². The van der Waals surface area contributed by atoms with Gasteiger partial charge in [-0.25, -0.2) is 8.42 Å². The first kappa shape index (κ1) is 23.6. The Labute approximate surface area is 167 Å². The van der Waals surface area contributed by atoms with Crippen molar-refractivity contribution in [2.24, 2.45) is 4.99 Å². The van der Waals surface area contributed by atoms with Gasteiger partial charge in [-0.15, -0.1) is 24.0 Å². The molecule has 0 bridgehead atoms. The van der Waals surface area contributed by atoms with Crippen molar-refractivity contribution < 1.29 is 13.2 Å². The van der Waals surface area contributed by atoms with Crippen LogP contribution < -0.4 is 10.6 Å². The van der Waals surface area contributed by atoms with Gasteiger partial charge in [-0.3, -0.25) is 9.79 Å². The zero-order valence-electron chi connectivity index (χ0n) is 15.1. The lowest BCUT2D eigenvalue weighted by Crippen LogP contribution is -2.40. The van der Waals surface area contributed by atoms with Gasteiger partial charge in [0.1, 0.15) is 0 Å². The van der Waals surface area contributed by atoms with E-state index in [1.807, 2.05) is 12.1 Å². The van der Waals surface area contributed by atoms with Crippen molar-refractivity contribution in [1.29, 1.82) is 0 Å². The van der Waals surface area contributed by atoms with Crippen LogP contribution in [0.2, 0.25) is 0 Å². The largest absolute Gasteiger partial charge is 0.356 e. The van der Waals surface area contributed by atoms with Crippen molar-refractivity contribution in [3.8, 4) is 0 Å². The number of halogens is 1. The fourth-order valence-electron chi connectivity index (χ4n) is 1.96. The van der Waals surface area contributed by atoms with E-state index in [0.717, 1.165) is 12.0 Å². The molecule has 142 valence electrons. The zero-order valence-corrected chi connectivity index (χ0v) is 18.2. The Morgan fingerprint density at radius 1 is 1.12 bits per heavy atom. The standard InChI is InChI=1S/C16H26N4O3S.HI/c1-17-16(19-12-10-15(21)20(2)3)18-11-9-13-5-7-14(8-6-13)24(4,22)23;/h5-8H,9-12H2,1-4H3,(H2,17,18,19);1H. The van der Waals surface area contributed by atoms with Crippen LogP contribution in [0.5, 0.6) is 0 Å². The molecule has 0 saturated carbocycles. The van der Waals surface area contributed by atoms with Gasteiger partial charge in [0.25, 0.3) is 0 Å². The first-order valence-electron chi connectivity index (χ1n) is 7.67. The molecular formula is C16H27IN4O3S. The second kappa shape index (κ2) is 11.3. The summed E-state index contributed by atoms with van der Waals surface area (Å²) in [6, 6.07) is 6.85. The van der Waals surface area contributed by atoms with Crippen molar-refractivity contribution in [2.75, 3.05) is 40.5 Å². The van der Waals surface area contributed by atoms with Crippen LogP contribution in [0.15, 0.2) is 34.2 Å². The zero-order chi connectivity index (χ0) is 18.2. The molecule has 0 aliphatic heterocycles. The number of hydrogen-bond donors (Lipinski definition) is 2. The molecule has 0 fully saturated rings. The van der Waals surface area contributed by atoms with Gasteiger partial charge < -0.3 is 15.5 Å². The van der Waals surface area contributed by atoms with Crippen LogP contribution in [0.3, 0.4) is 0 Å². The van der Waals surface area contributed by atoms with Gasteiger partial charge in [-0.05, 0) is 24.1 Å². The van der Waals surface area contributed by atoms with E-state index in [9.17, 15) is 13.2 Å². The first-order valence-corrected chi connectivity index (χ1v) is 9.57. The van der Waals surface area contributed by atoms with Crippen LogP contribution >= 0.6 is 24.0 Å². The molecular weight excluding hydrogens is 455 g/mol. The van der Waals surface area contributed by atoms with Gasteiger partial charge in [0, 0.05) is 46.9 Å². The molecule has 0 aliphatic rings. The lowest BCUT2D eigenvalue weighted by Gasteiger charge is -2.13. The van der Waals surface area contributed by atoms with Crippen molar-refractivity contribution in [3.63, 3.8) is 0 Å². The average Bonchev–Trinajstić information content (AvgIpc) is 2.52. The average molecular weight is 482 g/mol. The summed E-state index contributed by atoms with van der Waals surface area (Å²) < 4.78 is 22.8. The summed E-state index contributed by atoms with van der Waals surface area (Å²) in [4.78, 5) is 17.5. The fourth-order valence-corrected chi connectivity index (χ4v) is 2.59. The number of nitrogens with zero attached hydrogens (tertiary/aromatic N) is 2. The number of aliphatic imine (C=N–C) groups is 1. The Bertz CT molecular complexity index is 673. The third-order valence-corrected chi connectivity index (χ3v) is 4.54. The minimum absolute atomic E-state index is 0. The van der Waals surface area contributed by atoms with E-state index in [2.05, 4.69) is 15.6 Å². The van der Waals surface area contributed by atoms with E-state index in [0.29, 0.717) is 30.4 Å². The maximum Gasteiger partial charge on any atom is 0.223 e. The van der Waals surface area contributed by atoms with E-state index in [1.54, 1.807) is 38.2 Å². The molecule has 25 heavy (non-hydrogen) atoms. The maximum atomic E-state index is 11.5. The number of rotatable bonds is 7. The summed E-state index contributed by atoms with van der Waals surface area (Å²) in [7, 11) is 1.97. The Hall–Kier alpha value is -1.36. The molecule has 0 spiro atoms.